The predicted octanol–water partition coefficient (Wildman–Crippen LogP) is 1.65. The second-order valence-electron chi connectivity index (χ2n) is 6.08. The molecule has 5 nitrogen and oxygen atoms in total. The normalized spacial score (nSPS) is 18.6. The summed E-state index contributed by atoms with van der Waals surface area (Å²) >= 11 is 0. The number of amides is 1. The highest BCUT2D eigenvalue weighted by molar-refractivity contribution is 7.90. The van der Waals surface area contributed by atoms with Crippen LogP contribution in [0.3, 0.4) is 0 Å². The van der Waals surface area contributed by atoms with Gasteiger partial charge >= 0.3 is 0 Å². The van der Waals surface area contributed by atoms with Gasteiger partial charge in [0, 0.05) is 24.9 Å². The maximum atomic E-state index is 12.7. The smallest absolute Gasteiger partial charge is 0.254 e. The number of morpholine rings is 1. The van der Waals surface area contributed by atoms with E-state index in [1.807, 2.05) is 20.8 Å². The van der Waals surface area contributed by atoms with Gasteiger partial charge in [0.05, 0.1) is 17.1 Å². The van der Waals surface area contributed by atoms with Crippen LogP contribution in [0, 0.1) is 6.92 Å². The van der Waals surface area contributed by atoms with Crippen LogP contribution in [-0.2, 0) is 14.6 Å². The molecule has 0 radical (unpaired) electrons. The zero-order chi connectivity index (χ0) is 15.8. The topological polar surface area (TPSA) is 63.7 Å². The molecule has 1 fully saturated rings. The van der Waals surface area contributed by atoms with Crippen molar-refractivity contribution in [2.24, 2.45) is 0 Å². The van der Waals surface area contributed by atoms with Gasteiger partial charge in [-0.05, 0) is 38.5 Å². The number of sulfone groups is 1. The summed E-state index contributed by atoms with van der Waals surface area (Å²) in [6.45, 7) is 7.19. The van der Waals surface area contributed by atoms with Gasteiger partial charge < -0.3 is 9.64 Å². The average Bonchev–Trinajstić information content (AvgIpc) is 2.36. The van der Waals surface area contributed by atoms with E-state index in [2.05, 4.69) is 0 Å². The first kappa shape index (κ1) is 16.0. The zero-order valence-electron chi connectivity index (χ0n) is 12.8. The lowest BCUT2D eigenvalue weighted by Gasteiger charge is -2.38. The molecule has 6 heteroatoms. The Morgan fingerprint density at radius 3 is 2.57 bits per heavy atom. The fraction of sp³-hybridized carbons (Fsp3) is 0.533. The van der Waals surface area contributed by atoms with Crippen molar-refractivity contribution in [3.8, 4) is 0 Å². The largest absolute Gasteiger partial charge is 0.372 e. The Bertz CT molecular complexity index is 664. The van der Waals surface area contributed by atoms with Crippen molar-refractivity contribution in [3.05, 3.63) is 29.3 Å². The third kappa shape index (κ3) is 3.63. The van der Waals surface area contributed by atoms with Gasteiger partial charge in [-0.3, -0.25) is 4.79 Å². The van der Waals surface area contributed by atoms with E-state index in [1.54, 1.807) is 11.0 Å². The summed E-state index contributed by atoms with van der Waals surface area (Å²) in [5, 5.41) is 0. The molecule has 1 aliphatic heterocycles. The van der Waals surface area contributed by atoms with Crippen molar-refractivity contribution in [2.75, 3.05) is 26.0 Å². The van der Waals surface area contributed by atoms with E-state index in [0.29, 0.717) is 25.3 Å². The number of carbonyl (C=O) groups excluding carboxylic acids is 1. The standard InChI is InChI=1S/C15H21NO4S/c1-11-5-6-12(21(4,18)19)9-13(11)14(17)16-7-8-20-15(2,3)10-16/h5-6,9H,7-8,10H2,1-4H3. The molecule has 1 aromatic carbocycles. The summed E-state index contributed by atoms with van der Waals surface area (Å²) in [5.74, 6) is -0.144. The van der Waals surface area contributed by atoms with E-state index >= 15 is 0 Å². The van der Waals surface area contributed by atoms with Gasteiger partial charge in [0.2, 0.25) is 0 Å². The van der Waals surface area contributed by atoms with Crippen LogP contribution in [0.5, 0.6) is 0 Å². The molecule has 1 amide bonds. The molecule has 2 rings (SSSR count). The fourth-order valence-electron chi connectivity index (χ4n) is 2.42. The zero-order valence-corrected chi connectivity index (χ0v) is 13.7. The van der Waals surface area contributed by atoms with Gasteiger partial charge in [0.25, 0.3) is 5.91 Å². The van der Waals surface area contributed by atoms with Crippen LogP contribution in [0.1, 0.15) is 29.8 Å². The highest BCUT2D eigenvalue weighted by Gasteiger charge is 2.31. The number of hydrogen-bond donors (Lipinski definition) is 0. The summed E-state index contributed by atoms with van der Waals surface area (Å²) in [6, 6.07) is 4.68. The van der Waals surface area contributed by atoms with Gasteiger partial charge in [0.1, 0.15) is 0 Å². The second kappa shape index (κ2) is 5.42. The molecule has 116 valence electrons. The van der Waals surface area contributed by atoms with Gasteiger partial charge in [-0.1, -0.05) is 6.07 Å². The summed E-state index contributed by atoms with van der Waals surface area (Å²) < 4.78 is 28.9. The lowest BCUT2D eigenvalue weighted by molar-refractivity contribution is -0.0764. The SMILES string of the molecule is Cc1ccc(S(C)(=O)=O)cc1C(=O)N1CCOC(C)(C)C1. The molecule has 0 aliphatic carbocycles. The van der Waals surface area contributed by atoms with E-state index in [1.165, 1.54) is 12.1 Å². The lowest BCUT2D eigenvalue weighted by atomic mass is 10.0. The number of nitrogens with zero attached hydrogens (tertiary/aromatic N) is 1. The number of ether oxygens (including phenoxy) is 1. The molecular weight excluding hydrogens is 290 g/mol. The van der Waals surface area contributed by atoms with E-state index < -0.39 is 9.84 Å². The maximum absolute atomic E-state index is 12.7. The van der Waals surface area contributed by atoms with Crippen molar-refractivity contribution in [1.29, 1.82) is 0 Å². The lowest BCUT2D eigenvalue weighted by Crippen LogP contribution is -2.50. The summed E-state index contributed by atoms with van der Waals surface area (Å²) in [7, 11) is -3.32. The molecule has 0 N–H and O–H groups in total. The Balaban J connectivity index is 2.35. The van der Waals surface area contributed by atoms with Gasteiger partial charge in [-0.25, -0.2) is 8.42 Å². The number of rotatable bonds is 2. The average molecular weight is 311 g/mol. The minimum Gasteiger partial charge on any atom is -0.372 e. The first-order chi connectivity index (χ1) is 9.60. The van der Waals surface area contributed by atoms with Crippen LogP contribution < -0.4 is 0 Å². The highest BCUT2D eigenvalue weighted by Crippen LogP contribution is 2.21. The molecule has 0 atom stereocenters. The Morgan fingerprint density at radius 1 is 1.33 bits per heavy atom. The van der Waals surface area contributed by atoms with Crippen LogP contribution in [0.15, 0.2) is 23.1 Å². The molecule has 1 aromatic rings. The van der Waals surface area contributed by atoms with Crippen molar-refractivity contribution in [2.45, 2.75) is 31.3 Å². The minimum absolute atomic E-state index is 0.144. The quantitative estimate of drug-likeness (QED) is 0.833. The van der Waals surface area contributed by atoms with Crippen LogP contribution in [0.2, 0.25) is 0 Å². The molecular formula is C15H21NO4S. The summed E-state index contributed by atoms with van der Waals surface area (Å²) in [4.78, 5) is 14.6. The van der Waals surface area contributed by atoms with Gasteiger partial charge in [0.15, 0.2) is 9.84 Å². The van der Waals surface area contributed by atoms with Crippen LogP contribution in [-0.4, -0.2) is 50.8 Å². The van der Waals surface area contributed by atoms with Gasteiger partial charge in [-0.2, -0.15) is 0 Å². The third-order valence-electron chi connectivity index (χ3n) is 3.58. The van der Waals surface area contributed by atoms with Crippen molar-refractivity contribution < 1.29 is 17.9 Å². The molecule has 1 saturated heterocycles. The molecule has 0 bridgehead atoms. The monoisotopic (exact) mass is 311 g/mol. The molecule has 0 saturated carbocycles. The molecule has 0 unspecified atom stereocenters. The van der Waals surface area contributed by atoms with Crippen LogP contribution >= 0.6 is 0 Å². The Hall–Kier alpha value is -1.40. The van der Waals surface area contributed by atoms with E-state index in [9.17, 15) is 13.2 Å². The molecule has 21 heavy (non-hydrogen) atoms. The van der Waals surface area contributed by atoms with Gasteiger partial charge in [-0.15, -0.1) is 0 Å². The predicted molar refractivity (Wildman–Crippen MR) is 80.2 cm³/mol. The number of benzene rings is 1. The second-order valence-corrected chi connectivity index (χ2v) is 8.10. The Kier molecular flexibility index (Phi) is 4.13. The van der Waals surface area contributed by atoms with E-state index in [4.69, 9.17) is 4.74 Å². The fourth-order valence-corrected chi connectivity index (χ4v) is 3.07. The Morgan fingerprint density at radius 2 is 2.00 bits per heavy atom. The molecule has 1 aliphatic rings. The number of aryl methyl sites for hydroxylation is 1. The minimum atomic E-state index is -3.32. The summed E-state index contributed by atoms with van der Waals surface area (Å²) in [6.07, 6.45) is 1.14. The van der Waals surface area contributed by atoms with Crippen molar-refractivity contribution in [3.63, 3.8) is 0 Å². The van der Waals surface area contributed by atoms with E-state index in [0.717, 1.165) is 11.8 Å². The molecule has 1 heterocycles. The van der Waals surface area contributed by atoms with Crippen LogP contribution in [0.4, 0.5) is 0 Å². The van der Waals surface area contributed by atoms with Crippen LogP contribution in [0.25, 0.3) is 0 Å². The first-order valence-electron chi connectivity index (χ1n) is 6.84. The number of hydrogen-bond acceptors (Lipinski definition) is 4. The Labute approximate surface area is 125 Å². The van der Waals surface area contributed by atoms with Crippen molar-refractivity contribution in [1.82, 2.24) is 4.90 Å². The molecule has 0 spiro atoms. The highest BCUT2D eigenvalue weighted by atomic mass is 32.2. The maximum Gasteiger partial charge on any atom is 0.254 e. The first-order valence-corrected chi connectivity index (χ1v) is 8.73. The van der Waals surface area contributed by atoms with E-state index in [-0.39, 0.29) is 16.4 Å². The number of carbonyl (C=O) groups is 1. The molecule has 0 aromatic heterocycles. The van der Waals surface area contributed by atoms with Crippen molar-refractivity contribution >= 4 is 15.7 Å². The third-order valence-corrected chi connectivity index (χ3v) is 4.69. The summed E-state index contributed by atoms with van der Waals surface area (Å²) in [5.41, 5.74) is 0.836.